The molecule has 1 aromatic heterocycles. The summed E-state index contributed by atoms with van der Waals surface area (Å²) >= 11 is 0.573. The number of thioether (sulfide) groups is 1. The minimum atomic E-state index is -2.36. The molecule has 0 radical (unpaired) electrons. The van der Waals surface area contributed by atoms with E-state index in [1.165, 1.54) is 11.1 Å². The third-order valence-electron chi connectivity index (χ3n) is 3.23. The van der Waals surface area contributed by atoms with Crippen LogP contribution in [0.15, 0.2) is 40.8 Å². The number of aryl methyl sites for hydroxylation is 1. The highest BCUT2D eigenvalue weighted by Gasteiger charge is 2.09. The van der Waals surface area contributed by atoms with Crippen LogP contribution >= 0.6 is 11.8 Å². The van der Waals surface area contributed by atoms with Crippen molar-refractivity contribution in [3.05, 3.63) is 59.0 Å². The Bertz CT molecular complexity index is 554. The van der Waals surface area contributed by atoms with Gasteiger partial charge < -0.3 is 9.73 Å². The summed E-state index contributed by atoms with van der Waals surface area (Å²) in [6.45, 7) is 4.72. The second-order valence-corrected chi connectivity index (χ2v) is 5.93. The Hall–Kier alpha value is -1.33. The molecule has 0 aliphatic carbocycles. The summed E-state index contributed by atoms with van der Waals surface area (Å²) in [5.41, 5.74) is 2.44. The quantitative estimate of drug-likeness (QED) is 0.787. The zero-order chi connectivity index (χ0) is 15.2. The summed E-state index contributed by atoms with van der Waals surface area (Å²) in [5.74, 6) is -0.817. The predicted octanol–water partition coefficient (Wildman–Crippen LogP) is 4.89. The highest BCUT2D eigenvalue weighted by Crippen LogP contribution is 2.21. The largest absolute Gasteiger partial charge is 0.464 e. The average Bonchev–Trinajstić information content (AvgIpc) is 2.91. The molecule has 2 rings (SSSR count). The Labute approximate surface area is 127 Å². The Morgan fingerprint density at radius 1 is 1.10 bits per heavy atom. The van der Waals surface area contributed by atoms with Gasteiger partial charge in [-0.1, -0.05) is 41.6 Å². The molecule has 1 heterocycles. The van der Waals surface area contributed by atoms with Gasteiger partial charge in [-0.2, -0.15) is 8.78 Å². The summed E-state index contributed by atoms with van der Waals surface area (Å²) in [4.78, 5) is 0. The average molecular weight is 311 g/mol. The molecule has 1 N–H and O–H groups in total. The van der Waals surface area contributed by atoms with Gasteiger partial charge in [0.2, 0.25) is 0 Å². The number of hydrogen-bond donors (Lipinski definition) is 1. The van der Waals surface area contributed by atoms with E-state index in [0.29, 0.717) is 24.1 Å². The lowest BCUT2D eigenvalue weighted by Crippen LogP contribution is -2.17. The Balaban J connectivity index is 1.83. The van der Waals surface area contributed by atoms with E-state index in [1.54, 1.807) is 6.07 Å². The minimum Gasteiger partial charge on any atom is -0.464 e. The molecule has 2 aromatic rings. The van der Waals surface area contributed by atoms with E-state index in [-0.39, 0.29) is 11.8 Å². The van der Waals surface area contributed by atoms with Crippen LogP contribution in [0.3, 0.4) is 0 Å². The number of hydrogen-bond acceptors (Lipinski definition) is 3. The fourth-order valence-corrected chi connectivity index (χ4v) is 2.41. The SMILES string of the molecule is Cc1ccc(C(C)NCc2ccc(CSC(F)F)o2)cc1. The molecule has 0 saturated carbocycles. The van der Waals surface area contributed by atoms with Crippen LogP contribution < -0.4 is 5.32 Å². The van der Waals surface area contributed by atoms with Gasteiger partial charge >= 0.3 is 0 Å². The first-order chi connectivity index (χ1) is 10.0. The summed E-state index contributed by atoms with van der Waals surface area (Å²) in [7, 11) is 0. The summed E-state index contributed by atoms with van der Waals surface area (Å²) < 4.78 is 29.7. The van der Waals surface area contributed by atoms with Gasteiger partial charge in [-0.15, -0.1) is 0 Å². The number of nitrogens with one attached hydrogen (secondary N) is 1. The highest BCUT2D eigenvalue weighted by atomic mass is 32.2. The van der Waals surface area contributed by atoms with Crippen LogP contribution in [0.25, 0.3) is 0 Å². The molecule has 2 nitrogen and oxygen atoms in total. The molecule has 5 heteroatoms. The molecule has 1 unspecified atom stereocenters. The monoisotopic (exact) mass is 311 g/mol. The molecule has 0 amide bonds. The van der Waals surface area contributed by atoms with Gasteiger partial charge in [-0.05, 0) is 31.5 Å². The van der Waals surface area contributed by atoms with Crippen molar-refractivity contribution in [2.75, 3.05) is 0 Å². The lowest BCUT2D eigenvalue weighted by atomic mass is 10.1. The van der Waals surface area contributed by atoms with Gasteiger partial charge in [-0.25, -0.2) is 0 Å². The van der Waals surface area contributed by atoms with Gasteiger partial charge in [0, 0.05) is 6.04 Å². The molecular formula is C16H19F2NOS. The lowest BCUT2D eigenvalue weighted by Gasteiger charge is -2.13. The van der Waals surface area contributed by atoms with Crippen molar-refractivity contribution >= 4 is 11.8 Å². The van der Waals surface area contributed by atoms with E-state index < -0.39 is 5.76 Å². The van der Waals surface area contributed by atoms with Gasteiger partial charge in [0.05, 0.1) is 12.3 Å². The minimum absolute atomic E-state index is 0.200. The van der Waals surface area contributed by atoms with Crippen molar-refractivity contribution in [3.8, 4) is 0 Å². The fraction of sp³-hybridized carbons (Fsp3) is 0.375. The standard InChI is InChI=1S/C16H19F2NOS/c1-11-3-5-13(6-4-11)12(2)19-9-14-7-8-15(20-14)10-21-16(17)18/h3-8,12,16,19H,9-10H2,1-2H3. The number of halogens is 2. The highest BCUT2D eigenvalue weighted by molar-refractivity contribution is 7.98. The molecule has 21 heavy (non-hydrogen) atoms. The van der Waals surface area contributed by atoms with E-state index in [1.807, 2.05) is 6.07 Å². The first-order valence-corrected chi connectivity index (χ1v) is 7.87. The van der Waals surface area contributed by atoms with Crippen molar-refractivity contribution in [2.45, 2.75) is 37.9 Å². The topological polar surface area (TPSA) is 25.2 Å². The van der Waals surface area contributed by atoms with Crippen molar-refractivity contribution < 1.29 is 13.2 Å². The Kier molecular flexibility index (Phi) is 5.82. The molecule has 0 aliphatic rings. The van der Waals surface area contributed by atoms with Crippen LogP contribution in [0.4, 0.5) is 8.78 Å². The maximum Gasteiger partial charge on any atom is 0.284 e. The van der Waals surface area contributed by atoms with Crippen LogP contribution in [-0.4, -0.2) is 5.76 Å². The molecule has 0 bridgehead atoms. The number of benzene rings is 1. The van der Waals surface area contributed by atoms with Crippen LogP contribution in [-0.2, 0) is 12.3 Å². The van der Waals surface area contributed by atoms with Gasteiger partial charge in [-0.3, -0.25) is 0 Å². The van der Waals surface area contributed by atoms with Crippen molar-refractivity contribution in [3.63, 3.8) is 0 Å². The Morgan fingerprint density at radius 3 is 2.43 bits per heavy atom. The molecular weight excluding hydrogens is 292 g/mol. The van der Waals surface area contributed by atoms with E-state index >= 15 is 0 Å². The van der Waals surface area contributed by atoms with E-state index in [4.69, 9.17) is 4.42 Å². The molecule has 114 valence electrons. The lowest BCUT2D eigenvalue weighted by molar-refractivity contribution is 0.251. The first kappa shape index (κ1) is 16.0. The van der Waals surface area contributed by atoms with Crippen LogP contribution in [0.1, 0.15) is 35.6 Å². The number of alkyl halides is 2. The smallest absolute Gasteiger partial charge is 0.284 e. The molecule has 1 aromatic carbocycles. The summed E-state index contributed by atoms with van der Waals surface area (Å²) in [6, 6.07) is 12.1. The zero-order valence-corrected chi connectivity index (χ0v) is 12.9. The zero-order valence-electron chi connectivity index (χ0n) is 12.1. The van der Waals surface area contributed by atoms with Crippen molar-refractivity contribution in [1.29, 1.82) is 0 Å². The summed E-state index contributed by atoms with van der Waals surface area (Å²) in [5, 5.41) is 3.36. The maximum absolute atomic E-state index is 12.1. The van der Waals surface area contributed by atoms with E-state index in [9.17, 15) is 8.78 Å². The second kappa shape index (κ2) is 7.61. The molecule has 0 fully saturated rings. The second-order valence-electron chi connectivity index (χ2n) is 4.95. The summed E-state index contributed by atoms with van der Waals surface area (Å²) in [6.07, 6.45) is 0. The third kappa shape index (κ3) is 5.17. The first-order valence-electron chi connectivity index (χ1n) is 6.82. The number of furan rings is 1. The fourth-order valence-electron chi connectivity index (χ4n) is 1.97. The van der Waals surface area contributed by atoms with Crippen molar-refractivity contribution in [2.24, 2.45) is 0 Å². The van der Waals surface area contributed by atoms with Crippen LogP contribution in [0.5, 0.6) is 0 Å². The Morgan fingerprint density at radius 2 is 1.76 bits per heavy atom. The molecule has 1 atom stereocenters. The normalized spacial score (nSPS) is 12.8. The van der Waals surface area contributed by atoms with Gasteiger partial charge in [0.25, 0.3) is 5.76 Å². The van der Waals surface area contributed by atoms with E-state index in [0.717, 1.165) is 5.76 Å². The number of rotatable bonds is 7. The maximum atomic E-state index is 12.1. The van der Waals surface area contributed by atoms with E-state index in [2.05, 4.69) is 43.4 Å². The van der Waals surface area contributed by atoms with Gasteiger partial charge in [0.15, 0.2) is 0 Å². The van der Waals surface area contributed by atoms with Gasteiger partial charge in [0.1, 0.15) is 11.5 Å². The third-order valence-corrected chi connectivity index (χ3v) is 3.93. The molecule has 0 aliphatic heterocycles. The van der Waals surface area contributed by atoms with Crippen LogP contribution in [0, 0.1) is 6.92 Å². The predicted molar refractivity (Wildman–Crippen MR) is 82.4 cm³/mol. The van der Waals surface area contributed by atoms with Crippen LogP contribution in [0.2, 0.25) is 0 Å². The molecule has 0 saturated heterocycles. The van der Waals surface area contributed by atoms with Crippen molar-refractivity contribution in [1.82, 2.24) is 5.32 Å². The molecule has 0 spiro atoms.